The molecule has 0 saturated carbocycles. The van der Waals surface area contributed by atoms with Gasteiger partial charge in [0.1, 0.15) is 0 Å². The molecule has 0 aromatic rings. The van der Waals surface area contributed by atoms with E-state index in [0.29, 0.717) is 6.42 Å². The van der Waals surface area contributed by atoms with Crippen molar-refractivity contribution in [2.45, 2.75) is 44.6 Å². The van der Waals surface area contributed by atoms with Crippen molar-refractivity contribution in [3.63, 3.8) is 0 Å². The summed E-state index contributed by atoms with van der Waals surface area (Å²) in [6.45, 7) is 5.53. The van der Waals surface area contributed by atoms with Gasteiger partial charge in [-0.25, -0.2) is 8.42 Å². The number of sulfone groups is 1. The highest BCUT2D eigenvalue weighted by atomic mass is 32.2. The minimum Gasteiger partial charge on any atom is -0.299 e. The molecule has 1 aliphatic heterocycles. The topological polar surface area (TPSA) is 55.4 Å². The third-order valence-electron chi connectivity index (χ3n) is 2.30. The highest BCUT2D eigenvalue weighted by Gasteiger charge is 2.36. The second-order valence-corrected chi connectivity index (χ2v) is 6.23. The molecule has 1 rings (SSSR count). The summed E-state index contributed by atoms with van der Waals surface area (Å²) in [6.07, 6.45) is 0.728. The molecule has 1 aliphatic rings. The predicted octanol–water partition coefficient (Wildman–Crippen LogP) is 0.492. The van der Waals surface area contributed by atoms with Crippen LogP contribution in [0.1, 0.15) is 27.2 Å². The Morgan fingerprint density at radius 2 is 2.08 bits per heavy atom. The van der Waals surface area contributed by atoms with Crippen LogP contribution < -0.4 is 5.48 Å². The first-order valence-corrected chi connectivity index (χ1v) is 6.28. The molecular formula is C8H17NO3S. The first-order valence-electron chi connectivity index (χ1n) is 4.56. The average Bonchev–Trinajstić information content (AvgIpc) is 2.25. The van der Waals surface area contributed by atoms with E-state index in [1.165, 1.54) is 0 Å². The molecule has 0 aromatic carbocycles. The summed E-state index contributed by atoms with van der Waals surface area (Å²) >= 11 is 0. The maximum absolute atomic E-state index is 11.3. The van der Waals surface area contributed by atoms with Crippen LogP contribution in [-0.2, 0) is 14.7 Å². The van der Waals surface area contributed by atoms with Gasteiger partial charge in [0.05, 0.1) is 17.1 Å². The third-order valence-corrected chi connectivity index (χ3v) is 4.57. The van der Waals surface area contributed by atoms with Crippen LogP contribution in [0.3, 0.4) is 0 Å². The van der Waals surface area contributed by atoms with Gasteiger partial charge < -0.3 is 0 Å². The SMILES string of the molecule is CC(C)ONC1CCS(=O)(=O)C1C. The lowest BCUT2D eigenvalue weighted by molar-refractivity contribution is -0.0249. The molecule has 0 amide bonds. The molecule has 13 heavy (non-hydrogen) atoms. The Balaban J connectivity index is 2.47. The van der Waals surface area contributed by atoms with Gasteiger partial charge >= 0.3 is 0 Å². The number of hydrogen-bond acceptors (Lipinski definition) is 4. The molecule has 0 aromatic heterocycles. The maximum Gasteiger partial charge on any atom is 0.154 e. The molecule has 0 radical (unpaired) electrons. The van der Waals surface area contributed by atoms with Crippen LogP contribution in [0.4, 0.5) is 0 Å². The van der Waals surface area contributed by atoms with Gasteiger partial charge in [0, 0.05) is 6.04 Å². The summed E-state index contributed by atoms with van der Waals surface area (Å²) in [6, 6.07) is -0.0487. The van der Waals surface area contributed by atoms with Crippen LogP contribution >= 0.6 is 0 Å². The van der Waals surface area contributed by atoms with Crippen LogP contribution in [0.5, 0.6) is 0 Å². The molecule has 78 valence electrons. The van der Waals surface area contributed by atoms with E-state index >= 15 is 0 Å². The Bertz CT molecular complexity index is 261. The van der Waals surface area contributed by atoms with Crippen LogP contribution in [0.15, 0.2) is 0 Å². The minimum atomic E-state index is -2.86. The van der Waals surface area contributed by atoms with Crippen LogP contribution in [0.2, 0.25) is 0 Å². The second kappa shape index (κ2) is 3.94. The zero-order valence-corrected chi connectivity index (χ0v) is 9.10. The van der Waals surface area contributed by atoms with E-state index in [1.54, 1.807) is 6.92 Å². The lowest BCUT2D eigenvalue weighted by Crippen LogP contribution is -2.37. The fourth-order valence-corrected chi connectivity index (χ4v) is 2.99. The van der Waals surface area contributed by atoms with E-state index in [4.69, 9.17) is 4.84 Å². The van der Waals surface area contributed by atoms with Crippen molar-refractivity contribution >= 4 is 9.84 Å². The van der Waals surface area contributed by atoms with Crippen LogP contribution in [-0.4, -0.2) is 31.6 Å². The summed E-state index contributed by atoms with van der Waals surface area (Å²) in [5.41, 5.74) is 2.81. The van der Waals surface area contributed by atoms with Crippen molar-refractivity contribution in [1.29, 1.82) is 0 Å². The molecule has 1 saturated heterocycles. The van der Waals surface area contributed by atoms with E-state index in [-0.39, 0.29) is 23.1 Å². The summed E-state index contributed by atoms with van der Waals surface area (Å²) < 4.78 is 22.6. The molecule has 1 heterocycles. The Kier molecular flexibility index (Phi) is 3.32. The van der Waals surface area contributed by atoms with Crippen LogP contribution in [0, 0.1) is 0 Å². The van der Waals surface area contributed by atoms with Gasteiger partial charge in [-0.3, -0.25) is 4.84 Å². The Hall–Kier alpha value is -0.130. The predicted molar refractivity (Wildman–Crippen MR) is 51.0 cm³/mol. The number of hydrogen-bond donors (Lipinski definition) is 1. The molecule has 2 unspecified atom stereocenters. The van der Waals surface area contributed by atoms with Gasteiger partial charge in [-0.1, -0.05) is 0 Å². The van der Waals surface area contributed by atoms with Gasteiger partial charge in [0.2, 0.25) is 0 Å². The standard InChI is InChI=1S/C8H17NO3S/c1-6(2)12-9-8-4-5-13(10,11)7(8)3/h6-9H,4-5H2,1-3H3. The highest BCUT2D eigenvalue weighted by Crippen LogP contribution is 2.20. The summed E-state index contributed by atoms with van der Waals surface area (Å²) in [4.78, 5) is 5.18. The van der Waals surface area contributed by atoms with Gasteiger partial charge in [-0.15, -0.1) is 0 Å². The van der Waals surface area contributed by atoms with Crippen molar-refractivity contribution < 1.29 is 13.3 Å². The van der Waals surface area contributed by atoms with E-state index in [0.717, 1.165) is 0 Å². The minimum absolute atomic E-state index is 0.0487. The van der Waals surface area contributed by atoms with Crippen molar-refractivity contribution in [2.24, 2.45) is 0 Å². The smallest absolute Gasteiger partial charge is 0.154 e. The van der Waals surface area contributed by atoms with Gasteiger partial charge in [0.25, 0.3) is 0 Å². The van der Waals surface area contributed by atoms with Crippen LogP contribution in [0.25, 0.3) is 0 Å². The van der Waals surface area contributed by atoms with Crippen molar-refractivity contribution in [3.05, 3.63) is 0 Å². The maximum atomic E-state index is 11.3. The van der Waals surface area contributed by atoms with Gasteiger partial charge in [-0.2, -0.15) is 5.48 Å². The fraction of sp³-hybridized carbons (Fsp3) is 1.00. The first-order chi connectivity index (χ1) is 5.93. The quantitative estimate of drug-likeness (QED) is 0.684. The summed E-state index contributed by atoms with van der Waals surface area (Å²) in [7, 11) is -2.86. The summed E-state index contributed by atoms with van der Waals surface area (Å²) in [5, 5.41) is -0.328. The first kappa shape index (κ1) is 10.9. The van der Waals surface area contributed by atoms with E-state index in [2.05, 4.69) is 5.48 Å². The fourth-order valence-electron chi connectivity index (χ4n) is 1.34. The molecule has 0 spiro atoms. The van der Waals surface area contributed by atoms with E-state index < -0.39 is 9.84 Å². The van der Waals surface area contributed by atoms with Gasteiger partial charge in [-0.05, 0) is 27.2 Å². The average molecular weight is 207 g/mol. The zero-order valence-electron chi connectivity index (χ0n) is 8.28. The van der Waals surface area contributed by atoms with E-state index in [1.807, 2.05) is 13.8 Å². The Labute approximate surface area is 79.5 Å². The Morgan fingerprint density at radius 3 is 2.46 bits per heavy atom. The van der Waals surface area contributed by atoms with E-state index in [9.17, 15) is 8.42 Å². The number of nitrogens with one attached hydrogen (secondary N) is 1. The summed E-state index contributed by atoms with van der Waals surface area (Å²) in [5.74, 6) is 0.271. The molecule has 4 nitrogen and oxygen atoms in total. The Morgan fingerprint density at radius 1 is 1.46 bits per heavy atom. The highest BCUT2D eigenvalue weighted by molar-refractivity contribution is 7.92. The molecule has 1 N–H and O–H groups in total. The second-order valence-electron chi connectivity index (χ2n) is 3.75. The number of rotatable bonds is 3. The largest absolute Gasteiger partial charge is 0.299 e. The normalized spacial score (nSPS) is 32.6. The van der Waals surface area contributed by atoms with Crippen molar-refractivity contribution in [3.8, 4) is 0 Å². The zero-order chi connectivity index (χ0) is 10.1. The monoisotopic (exact) mass is 207 g/mol. The molecule has 1 fully saturated rings. The van der Waals surface area contributed by atoms with Gasteiger partial charge in [0.15, 0.2) is 9.84 Å². The lowest BCUT2D eigenvalue weighted by Gasteiger charge is -2.17. The number of hydroxylamine groups is 1. The lowest BCUT2D eigenvalue weighted by atomic mass is 10.2. The molecule has 0 bridgehead atoms. The molecule has 2 atom stereocenters. The van der Waals surface area contributed by atoms with Crippen molar-refractivity contribution in [1.82, 2.24) is 5.48 Å². The third kappa shape index (κ3) is 2.65. The molecule has 5 heteroatoms. The molecule has 0 aliphatic carbocycles. The molecular weight excluding hydrogens is 190 g/mol. The van der Waals surface area contributed by atoms with Crippen molar-refractivity contribution in [2.75, 3.05) is 5.75 Å².